The van der Waals surface area contributed by atoms with Gasteiger partial charge in [-0.2, -0.15) is 0 Å². The van der Waals surface area contributed by atoms with Gasteiger partial charge in [-0.1, -0.05) is 20.8 Å². The summed E-state index contributed by atoms with van der Waals surface area (Å²) in [6.07, 6.45) is 2.76. The van der Waals surface area contributed by atoms with Crippen molar-refractivity contribution in [3.05, 3.63) is 0 Å². The Morgan fingerprint density at radius 3 is 2.25 bits per heavy atom. The van der Waals surface area contributed by atoms with Crippen LogP contribution in [-0.4, -0.2) is 36.2 Å². The molecule has 2 unspecified atom stereocenters. The zero-order valence-electron chi connectivity index (χ0n) is 12.4. The number of hydrogen-bond donors (Lipinski definition) is 2. The van der Waals surface area contributed by atoms with Crippen molar-refractivity contribution in [2.24, 2.45) is 10.8 Å². The van der Waals surface area contributed by atoms with Crippen molar-refractivity contribution in [1.82, 2.24) is 10.6 Å². The van der Waals surface area contributed by atoms with Crippen LogP contribution < -0.4 is 10.6 Å². The number of rotatable bonds is 5. The van der Waals surface area contributed by atoms with Crippen LogP contribution in [0.5, 0.6) is 0 Å². The van der Waals surface area contributed by atoms with Gasteiger partial charge in [0.1, 0.15) is 11.8 Å². The molecule has 0 radical (unpaired) electrons. The van der Waals surface area contributed by atoms with Gasteiger partial charge in [0, 0.05) is 12.6 Å². The molecule has 116 valence electrons. The molecule has 2 atom stereocenters. The highest BCUT2D eigenvalue weighted by Crippen LogP contribution is 2.45. The predicted molar refractivity (Wildman–Crippen MR) is 82.1 cm³/mol. The lowest BCUT2D eigenvalue weighted by molar-refractivity contribution is -0.121. The van der Waals surface area contributed by atoms with E-state index in [0.29, 0.717) is 6.54 Å². The molecule has 0 spiro atoms. The maximum absolute atomic E-state index is 11.5. The van der Waals surface area contributed by atoms with Gasteiger partial charge in [-0.3, -0.25) is 9.59 Å². The fourth-order valence-corrected chi connectivity index (χ4v) is 3.67. The smallest absolute Gasteiger partial charge is 0.235 e. The fourth-order valence-electron chi connectivity index (χ4n) is 3.50. The molecule has 0 bridgehead atoms. The lowest BCUT2D eigenvalue weighted by Crippen LogP contribution is -2.50. The van der Waals surface area contributed by atoms with E-state index in [9.17, 15) is 9.59 Å². The largest absolute Gasteiger partial charge is 0.355 e. The first-order chi connectivity index (χ1) is 9.19. The van der Waals surface area contributed by atoms with Gasteiger partial charge < -0.3 is 10.6 Å². The molecule has 4 nitrogen and oxygen atoms in total. The summed E-state index contributed by atoms with van der Waals surface area (Å²) in [7, 11) is 0. The van der Waals surface area contributed by atoms with E-state index in [0.717, 1.165) is 19.3 Å². The van der Waals surface area contributed by atoms with Crippen molar-refractivity contribution in [2.75, 3.05) is 18.3 Å². The van der Waals surface area contributed by atoms with Crippen LogP contribution in [0.3, 0.4) is 0 Å². The molecule has 20 heavy (non-hydrogen) atoms. The van der Waals surface area contributed by atoms with E-state index in [4.69, 9.17) is 23.2 Å². The lowest BCUT2D eigenvalue weighted by Gasteiger charge is -2.47. The number of amides is 2. The Kier molecular flexibility index (Phi) is 6.14. The monoisotopic (exact) mass is 322 g/mol. The quantitative estimate of drug-likeness (QED) is 0.763. The van der Waals surface area contributed by atoms with Crippen LogP contribution in [0.15, 0.2) is 0 Å². The molecular formula is C14H24Cl2N2O2. The Morgan fingerprint density at radius 2 is 1.70 bits per heavy atom. The fraction of sp³-hybridized carbons (Fsp3) is 0.857. The van der Waals surface area contributed by atoms with Gasteiger partial charge in [0.15, 0.2) is 0 Å². The second-order valence-corrected chi connectivity index (χ2v) is 7.40. The van der Waals surface area contributed by atoms with E-state index < -0.39 is 0 Å². The highest BCUT2D eigenvalue weighted by atomic mass is 35.5. The molecule has 1 saturated carbocycles. The standard InChI is InChI=1S/C14H24Cl2N2O2/c1-13(2)4-10(18-12(20)7-16)5-14(3,8-13)9-17-11(19)6-15/h10H,4-9H2,1-3H3,(H,17,19)(H,18,20). The topological polar surface area (TPSA) is 58.2 Å². The summed E-state index contributed by atoms with van der Waals surface area (Å²) in [4.78, 5) is 22.8. The molecule has 1 fully saturated rings. The summed E-state index contributed by atoms with van der Waals surface area (Å²) in [5, 5.41) is 5.83. The number of halogens is 2. The van der Waals surface area contributed by atoms with Crippen LogP contribution in [0.2, 0.25) is 0 Å². The van der Waals surface area contributed by atoms with Gasteiger partial charge in [0.05, 0.1) is 0 Å². The Balaban J connectivity index is 2.70. The Hall–Kier alpha value is -0.480. The van der Waals surface area contributed by atoms with E-state index in [-0.39, 0.29) is 40.4 Å². The van der Waals surface area contributed by atoms with Gasteiger partial charge in [0.25, 0.3) is 0 Å². The maximum atomic E-state index is 11.5. The minimum Gasteiger partial charge on any atom is -0.355 e. The molecule has 0 aliphatic heterocycles. The number of carbonyl (C=O) groups excluding carboxylic acids is 2. The van der Waals surface area contributed by atoms with E-state index >= 15 is 0 Å². The van der Waals surface area contributed by atoms with Crippen LogP contribution in [-0.2, 0) is 9.59 Å². The first-order valence-electron chi connectivity index (χ1n) is 6.88. The zero-order chi connectivity index (χ0) is 15.4. The molecule has 0 aromatic heterocycles. The first kappa shape index (κ1) is 17.6. The van der Waals surface area contributed by atoms with Crippen LogP contribution in [0, 0.1) is 10.8 Å². The van der Waals surface area contributed by atoms with E-state index in [1.54, 1.807) is 0 Å². The average Bonchev–Trinajstić information content (AvgIpc) is 2.33. The molecule has 1 aliphatic rings. The van der Waals surface area contributed by atoms with Crippen molar-refractivity contribution < 1.29 is 9.59 Å². The number of carbonyl (C=O) groups is 2. The van der Waals surface area contributed by atoms with E-state index in [1.165, 1.54) is 0 Å². The summed E-state index contributed by atoms with van der Waals surface area (Å²) in [5.74, 6) is -0.332. The third-order valence-corrected chi connectivity index (χ3v) is 4.25. The lowest BCUT2D eigenvalue weighted by atomic mass is 9.62. The van der Waals surface area contributed by atoms with Crippen molar-refractivity contribution in [3.63, 3.8) is 0 Å². The molecule has 0 heterocycles. The maximum Gasteiger partial charge on any atom is 0.235 e. The molecule has 6 heteroatoms. The summed E-state index contributed by atoms with van der Waals surface area (Å²) in [6.45, 7) is 7.10. The van der Waals surface area contributed by atoms with Crippen molar-refractivity contribution in [1.29, 1.82) is 0 Å². The van der Waals surface area contributed by atoms with Crippen LogP contribution >= 0.6 is 23.2 Å². The van der Waals surface area contributed by atoms with Crippen LogP contribution in [0.4, 0.5) is 0 Å². The molecule has 1 aliphatic carbocycles. The van der Waals surface area contributed by atoms with E-state index in [2.05, 4.69) is 31.4 Å². The van der Waals surface area contributed by atoms with E-state index in [1.807, 2.05) is 0 Å². The summed E-state index contributed by atoms with van der Waals surface area (Å²) >= 11 is 11.1. The molecular weight excluding hydrogens is 299 g/mol. The van der Waals surface area contributed by atoms with Crippen molar-refractivity contribution >= 4 is 35.0 Å². The molecule has 0 aromatic rings. The number of nitrogens with one attached hydrogen (secondary N) is 2. The van der Waals surface area contributed by atoms with Gasteiger partial charge in [-0.15, -0.1) is 23.2 Å². The predicted octanol–water partition coefficient (Wildman–Crippen LogP) is 2.28. The third-order valence-electron chi connectivity index (χ3n) is 3.76. The summed E-state index contributed by atoms with van der Waals surface area (Å²) in [5.41, 5.74) is 0.0662. The average molecular weight is 323 g/mol. The van der Waals surface area contributed by atoms with Gasteiger partial charge in [-0.05, 0) is 30.1 Å². The molecule has 2 amide bonds. The molecule has 0 saturated heterocycles. The SMILES string of the molecule is CC1(C)CC(NC(=O)CCl)CC(C)(CNC(=O)CCl)C1. The highest BCUT2D eigenvalue weighted by molar-refractivity contribution is 6.27. The van der Waals surface area contributed by atoms with Crippen molar-refractivity contribution in [3.8, 4) is 0 Å². The van der Waals surface area contributed by atoms with Gasteiger partial charge in [-0.25, -0.2) is 0 Å². The zero-order valence-corrected chi connectivity index (χ0v) is 13.9. The van der Waals surface area contributed by atoms with Gasteiger partial charge >= 0.3 is 0 Å². The molecule has 2 N–H and O–H groups in total. The van der Waals surface area contributed by atoms with Crippen LogP contribution in [0.25, 0.3) is 0 Å². The second kappa shape index (κ2) is 6.99. The highest BCUT2D eigenvalue weighted by Gasteiger charge is 2.41. The Morgan fingerprint density at radius 1 is 1.10 bits per heavy atom. The number of alkyl halides is 2. The summed E-state index contributed by atoms with van der Waals surface area (Å²) in [6, 6.07) is 0.0999. The Bertz CT molecular complexity index is 374. The van der Waals surface area contributed by atoms with Crippen LogP contribution in [0.1, 0.15) is 40.0 Å². The first-order valence-corrected chi connectivity index (χ1v) is 7.95. The molecule has 1 rings (SSSR count). The minimum atomic E-state index is -0.155. The molecule has 0 aromatic carbocycles. The third kappa shape index (κ3) is 5.49. The Labute approximate surface area is 131 Å². The summed E-state index contributed by atoms with van der Waals surface area (Å²) < 4.78 is 0. The van der Waals surface area contributed by atoms with Gasteiger partial charge in [0.2, 0.25) is 11.8 Å². The normalized spacial score (nSPS) is 28.8. The minimum absolute atomic E-state index is 0.0172. The number of hydrogen-bond acceptors (Lipinski definition) is 2. The van der Waals surface area contributed by atoms with Crippen molar-refractivity contribution in [2.45, 2.75) is 46.1 Å². The second-order valence-electron chi connectivity index (χ2n) is 6.87.